The standard InChI is InChI=1S/C12H21N9/c1-20-3-4-21(2)8(7-20)5-14-10-9-6-15-19-11(9)17-12(16-10)18-13/h6,8H,3-5,7,13H2,1-2H3,(H3,14,15,16,17,18,19). The number of nitrogens with one attached hydrogen (secondary N) is 3. The first-order valence-corrected chi connectivity index (χ1v) is 6.97. The Morgan fingerprint density at radius 1 is 1.38 bits per heavy atom. The molecule has 1 aliphatic rings. The summed E-state index contributed by atoms with van der Waals surface area (Å²) in [4.78, 5) is 13.3. The van der Waals surface area contributed by atoms with Gasteiger partial charge in [0.25, 0.3) is 0 Å². The van der Waals surface area contributed by atoms with Crippen LogP contribution in [0.5, 0.6) is 0 Å². The first-order chi connectivity index (χ1) is 10.2. The van der Waals surface area contributed by atoms with Crippen molar-refractivity contribution in [3.05, 3.63) is 6.20 Å². The minimum atomic E-state index is 0.364. The number of likely N-dealkylation sites (N-methyl/N-ethyl adjacent to an activating group) is 2. The third kappa shape index (κ3) is 2.89. The predicted molar refractivity (Wildman–Crippen MR) is 81.9 cm³/mol. The van der Waals surface area contributed by atoms with Gasteiger partial charge in [0, 0.05) is 32.2 Å². The molecule has 3 rings (SSSR count). The summed E-state index contributed by atoms with van der Waals surface area (Å²) in [5, 5.41) is 11.1. The number of aromatic nitrogens is 4. The van der Waals surface area contributed by atoms with E-state index >= 15 is 0 Å². The van der Waals surface area contributed by atoms with E-state index in [1.54, 1.807) is 6.20 Å². The summed E-state index contributed by atoms with van der Waals surface area (Å²) in [5.74, 6) is 6.51. The van der Waals surface area contributed by atoms with E-state index in [4.69, 9.17) is 5.84 Å². The number of nitrogens with zero attached hydrogens (tertiary/aromatic N) is 5. The van der Waals surface area contributed by atoms with Gasteiger partial charge >= 0.3 is 0 Å². The number of hydrogen-bond donors (Lipinski definition) is 4. The van der Waals surface area contributed by atoms with Crippen LogP contribution < -0.4 is 16.6 Å². The Morgan fingerprint density at radius 2 is 2.24 bits per heavy atom. The molecule has 0 saturated carbocycles. The van der Waals surface area contributed by atoms with Crippen LogP contribution in [0.4, 0.5) is 11.8 Å². The number of rotatable bonds is 4. The molecule has 1 saturated heterocycles. The Balaban J connectivity index is 1.76. The zero-order chi connectivity index (χ0) is 14.8. The van der Waals surface area contributed by atoms with Crippen LogP contribution in [0.25, 0.3) is 11.0 Å². The van der Waals surface area contributed by atoms with Crippen molar-refractivity contribution in [1.82, 2.24) is 30.0 Å². The van der Waals surface area contributed by atoms with Gasteiger partial charge in [0.05, 0.1) is 11.6 Å². The second kappa shape index (κ2) is 5.80. The van der Waals surface area contributed by atoms with Gasteiger partial charge in [0.2, 0.25) is 5.95 Å². The van der Waals surface area contributed by atoms with Gasteiger partial charge in [-0.05, 0) is 14.1 Å². The topological polar surface area (TPSA) is 111 Å². The maximum absolute atomic E-state index is 5.41. The van der Waals surface area contributed by atoms with E-state index in [0.717, 1.165) is 37.4 Å². The largest absolute Gasteiger partial charge is 0.368 e. The van der Waals surface area contributed by atoms with Crippen molar-refractivity contribution in [2.75, 3.05) is 51.0 Å². The molecule has 0 aromatic carbocycles. The molecule has 1 atom stereocenters. The number of anilines is 2. The molecule has 9 nitrogen and oxygen atoms in total. The fourth-order valence-corrected chi connectivity index (χ4v) is 2.57. The summed E-state index contributed by atoms with van der Waals surface area (Å²) in [6, 6.07) is 0.440. The zero-order valence-corrected chi connectivity index (χ0v) is 12.3. The van der Waals surface area contributed by atoms with E-state index in [1.165, 1.54) is 0 Å². The molecule has 0 bridgehead atoms. The molecule has 1 fully saturated rings. The van der Waals surface area contributed by atoms with E-state index in [-0.39, 0.29) is 0 Å². The monoisotopic (exact) mass is 291 g/mol. The lowest BCUT2D eigenvalue weighted by molar-refractivity contribution is 0.122. The number of fused-ring (bicyclic) bond motifs is 1. The summed E-state index contributed by atoms with van der Waals surface area (Å²) < 4.78 is 0. The molecule has 5 N–H and O–H groups in total. The first kappa shape index (κ1) is 14.0. The van der Waals surface area contributed by atoms with Crippen molar-refractivity contribution in [3.63, 3.8) is 0 Å². The molecule has 1 aliphatic heterocycles. The Labute approximate surface area is 122 Å². The Hall–Kier alpha value is -1.97. The van der Waals surface area contributed by atoms with Gasteiger partial charge in [0.15, 0.2) is 5.65 Å². The van der Waals surface area contributed by atoms with E-state index in [0.29, 0.717) is 17.6 Å². The van der Waals surface area contributed by atoms with Crippen molar-refractivity contribution >= 4 is 22.8 Å². The molecule has 21 heavy (non-hydrogen) atoms. The SMILES string of the molecule is CN1CCN(C)C(CNc2nc(NN)nc3[nH]ncc23)C1. The van der Waals surface area contributed by atoms with E-state index in [9.17, 15) is 0 Å². The van der Waals surface area contributed by atoms with Crippen LogP contribution in [-0.4, -0.2) is 76.3 Å². The molecule has 0 radical (unpaired) electrons. The summed E-state index contributed by atoms with van der Waals surface area (Å²) in [6.07, 6.45) is 1.72. The van der Waals surface area contributed by atoms with Crippen molar-refractivity contribution in [2.45, 2.75) is 6.04 Å². The van der Waals surface area contributed by atoms with Gasteiger partial charge in [-0.2, -0.15) is 15.1 Å². The number of nitrogen functional groups attached to an aromatic ring is 1. The number of hydrogen-bond acceptors (Lipinski definition) is 8. The predicted octanol–water partition coefficient (Wildman–Crippen LogP) is -0.704. The van der Waals surface area contributed by atoms with Crippen LogP contribution in [0.1, 0.15) is 0 Å². The second-order valence-corrected chi connectivity index (χ2v) is 5.45. The molecule has 2 aromatic heterocycles. The Morgan fingerprint density at radius 3 is 3.05 bits per heavy atom. The number of aromatic amines is 1. The van der Waals surface area contributed by atoms with Crippen LogP contribution in [0, 0.1) is 0 Å². The Kier molecular flexibility index (Phi) is 3.86. The van der Waals surface area contributed by atoms with Gasteiger partial charge < -0.3 is 10.2 Å². The average molecular weight is 291 g/mol. The van der Waals surface area contributed by atoms with Crippen molar-refractivity contribution in [3.8, 4) is 0 Å². The van der Waals surface area contributed by atoms with E-state index in [1.807, 2.05) is 0 Å². The van der Waals surface area contributed by atoms with Crippen LogP contribution in [0.3, 0.4) is 0 Å². The number of piperazine rings is 1. The number of H-pyrrole nitrogens is 1. The highest BCUT2D eigenvalue weighted by Crippen LogP contribution is 2.20. The van der Waals surface area contributed by atoms with Crippen LogP contribution in [0.2, 0.25) is 0 Å². The fourth-order valence-electron chi connectivity index (χ4n) is 2.57. The van der Waals surface area contributed by atoms with Crippen LogP contribution in [-0.2, 0) is 0 Å². The quantitative estimate of drug-likeness (QED) is 0.432. The fraction of sp³-hybridized carbons (Fsp3) is 0.583. The average Bonchev–Trinajstić information content (AvgIpc) is 2.96. The minimum Gasteiger partial charge on any atom is -0.368 e. The van der Waals surface area contributed by atoms with Crippen molar-refractivity contribution < 1.29 is 0 Å². The zero-order valence-electron chi connectivity index (χ0n) is 12.3. The number of nitrogens with two attached hydrogens (primary N) is 1. The maximum Gasteiger partial charge on any atom is 0.241 e. The van der Waals surface area contributed by atoms with Gasteiger partial charge in [-0.15, -0.1) is 0 Å². The van der Waals surface area contributed by atoms with E-state index in [2.05, 4.69) is 54.8 Å². The van der Waals surface area contributed by atoms with Crippen LogP contribution in [0.15, 0.2) is 6.20 Å². The molecular formula is C12H21N9. The number of hydrazine groups is 1. The second-order valence-electron chi connectivity index (χ2n) is 5.45. The third-order valence-electron chi connectivity index (χ3n) is 3.92. The van der Waals surface area contributed by atoms with Crippen molar-refractivity contribution in [1.29, 1.82) is 0 Å². The molecule has 9 heteroatoms. The normalized spacial score (nSPS) is 20.8. The molecule has 2 aromatic rings. The molecule has 0 spiro atoms. The molecule has 0 aliphatic carbocycles. The summed E-state index contributed by atoms with van der Waals surface area (Å²) >= 11 is 0. The highest BCUT2D eigenvalue weighted by Gasteiger charge is 2.22. The van der Waals surface area contributed by atoms with Gasteiger partial charge in [-0.1, -0.05) is 0 Å². The van der Waals surface area contributed by atoms with Gasteiger partial charge in [-0.3, -0.25) is 15.4 Å². The maximum atomic E-state index is 5.41. The molecule has 3 heterocycles. The molecule has 114 valence electrons. The third-order valence-corrected chi connectivity index (χ3v) is 3.92. The van der Waals surface area contributed by atoms with Crippen molar-refractivity contribution in [2.24, 2.45) is 5.84 Å². The lowest BCUT2D eigenvalue weighted by Crippen LogP contribution is -2.52. The summed E-state index contributed by atoms with van der Waals surface area (Å²) in [7, 11) is 4.30. The summed E-state index contributed by atoms with van der Waals surface area (Å²) in [6.45, 7) is 4.02. The highest BCUT2D eigenvalue weighted by molar-refractivity contribution is 5.86. The summed E-state index contributed by atoms with van der Waals surface area (Å²) in [5.41, 5.74) is 3.14. The minimum absolute atomic E-state index is 0.364. The van der Waals surface area contributed by atoms with Crippen LogP contribution >= 0.6 is 0 Å². The van der Waals surface area contributed by atoms with Gasteiger partial charge in [-0.25, -0.2) is 5.84 Å². The highest BCUT2D eigenvalue weighted by atomic mass is 15.3. The van der Waals surface area contributed by atoms with Gasteiger partial charge in [0.1, 0.15) is 5.82 Å². The lowest BCUT2D eigenvalue weighted by atomic mass is 10.2. The Bertz CT molecular complexity index is 610. The van der Waals surface area contributed by atoms with E-state index < -0.39 is 0 Å². The molecular weight excluding hydrogens is 270 g/mol. The smallest absolute Gasteiger partial charge is 0.241 e. The first-order valence-electron chi connectivity index (χ1n) is 6.97. The molecule has 0 amide bonds. The lowest BCUT2D eigenvalue weighted by Gasteiger charge is -2.37. The molecule has 1 unspecified atom stereocenters.